The Morgan fingerprint density at radius 1 is 1.13 bits per heavy atom. The molecule has 3 N–H and O–H groups in total. The zero-order valence-electron chi connectivity index (χ0n) is 17.8. The highest BCUT2D eigenvalue weighted by Crippen LogP contribution is 2.28. The molecule has 0 saturated carbocycles. The summed E-state index contributed by atoms with van der Waals surface area (Å²) >= 11 is 0. The van der Waals surface area contributed by atoms with E-state index in [0.29, 0.717) is 6.54 Å². The fourth-order valence-corrected chi connectivity index (χ4v) is 5.90. The molecule has 2 aromatic carbocycles. The first kappa shape index (κ1) is 22.0. The number of nitrogens with one attached hydrogen (secondary N) is 1. The molecule has 1 aromatic heterocycles. The molecule has 0 radical (unpaired) electrons. The van der Waals surface area contributed by atoms with Gasteiger partial charge in [0.05, 0.1) is 11.0 Å². The minimum Gasteiger partial charge on any atom is -0.389 e. The van der Waals surface area contributed by atoms with E-state index in [9.17, 15) is 18.6 Å². The van der Waals surface area contributed by atoms with Crippen LogP contribution in [0.25, 0.3) is 10.9 Å². The Balaban J connectivity index is 1.40. The number of hydrogen-bond acceptors (Lipinski definition) is 5. The molecule has 8 heteroatoms. The number of β-amino-alcohol motifs (C(OH)–C–C–N with tert-alkyl or cyclic N) is 2. The highest BCUT2D eigenvalue weighted by molar-refractivity contribution is 7.89. The SMILES string of the molecule is Cc1c(CCNC[C@]2(O)CN(S(=O)(=O)c3ccccc3)C[C@H]2O)c2ccccc2n1C. The van der Waals surface area contributed by atoms with Crippen LogP contribution in [0.5, 0.6) is 0 Å². The van der Waals surface area contributed by atoms with Crippen molar-refractivity contribution in [2.24, 2.45) is 7.05 Å². The quantitative estimate of drug-likeness (QED) is 0.480. The van der Waals surface area contributed by atoms with E-state index in [4.69, 9.17) is 0 Å². The Morgan fingerprint density at radius 3 is 2.55 bits per heavy atom. The summed E-state index contributed by atoms with van der Waals surface area (Å²) in [5.74, 6) is 0. The number of para-hydroxylation sites is 1. The van der Waals surface area contributed by atoms with Gasteiger partial charge < -0.3 is 20.1 Å². The molecule has 1 saturated heterocycles. The molecule has 0 aliphatic carbocycles. The number of hydrogen-bond donors (Lipinski definition) is 3. The second-order valence-corrected chi connectivity index (χ2v) is 10.2. The predicted molar refractivity (Wildman–Crippen MR) is 120 cm³/mol. The van der Waals surface area contributed by atoms with Gasteiger partial charge in [-0.1, -0.05) is 36.4 Å². The normalized spacial score (nSPS) is 22.4. The van der Waals surface area contributed by atoms with Crippen LogP contribution in [0.3, 0.4) is 0 Å². The van der Waals surface area contributed by atoms with Crippen LogP contribution < -0.4 is 5.32 Å². The van der Waals surface area contributed by atoms with Crippen LogP contribution in [-0.2, 0) is 23.5 Å². The average molecular weight is 444 g/mol. The molecule has 166 valence electrons. The average Bonchev–Trinajstić information content (AvgIpc) is 3.21. The molecule has 4 rings (SSSR count). The van der Waals surface area contributed by atoms with Gasteiger partial charge in [-0.25, -0.2) is 8.42 Å². The van der Waals surface area contributed by atoms with Crippen LogP contribution in [0.15, 0.2) is 59.5 Å². The first-order chi connectivity index (χ1) is 14.7. The number of aliphatic hydroxyl groups is 2. The summed E-state index contributed by atoms with van der Waals surface area (Å²) in [6.45, 7) is 2.54. The summed E-state index contributed by atoms with van der Waals surface area (Å²) in [5.41, 5.74) is 2.09. The molecule has 0 bridgehead atoms. The lowest BCUT2D eigenvalue weighted by Gasteiger charge is -2.26. The number of aryl methyl sites for hydroxylation is 1. The molecule has 1 fully saturated rings. The smallest absolute Gasteiger partial charge is 0.243 e. The summed E-state index contributed by atoms with van der Waals surface area (Å²) in [6.07, 6.45) is -0.386. The maximum atomic E-state index is 12.8. The van der Waals surface area contributed by atoms with E-state index in [1.165, 1.54) is 34.3 Å². The largest absolute Gasteiger partial charge is 0.389 e. The van der Waals surface area contributed by atoms with Gasteiger partial charge in [-0.05, 0) is 43.7 Å². The molecule has 0 unspecified atom stereocenters. The minimum absolute atomic E-state index is 0.110. The molecule has 31 heavy (non-hydrogen) atoms. The van der Waals surface area contributed by atoms with E-state index in [2.05, 4.69) is 28.9 Å². The molecule has 0 amide bonds. The first-order valence-corrected chi connectivity index (χ1v) is 11.9. The Bertz CT molecular complexity index is 1180. The summed E-state index contributed by atoms with van der Waals surface area (Å²) < 4.78 is 29.0. The van der Waals surface area contributed by atoms with Crippen molar-refractivity contribution in [3.05, 3.63) is 65.9 Å². The minimum atomic E-state index is -3.76. The highest BCUT2D eigenvalue weighted by atomic mass is 32.2. The van der Waals surface area contributed by atoms with Gasteiger partial charge in [0.25, 0.3) is 0 Å². The monoisotopic (exact) mass is 443 g/mol. The van der Waals surface area contributed by atoms with Crippen molar-refractivity contribution in [1.82, 2.24) is 14.2 Å². The molecule has 1 aliphatic rings. The molecule has 2 heterocycles. The number of aromatic nitrogens is 1. The summed E-state index contributed by atoms with van der Waals surface area (Å²) in [7, 11) is -1.71. The third-order valence-electron chi connectivity index (χ3n) is 6.34. The standard InChI is InChI=1S/C23H29N3O4S/c1-17-19(20-10-6-7-11-21(20)25(17)2)12-13-24-15-23(28)16-26(14-22(23)27)31(29,30)18-8-4-3-5-9-18/h3-11,22,24,27-28H,12-16H2,1-2H3/t22-,23+/m1/s1. The van der Waals surface area contributed by atoms with Crippen LogP contribution in [0.4, 0.5) is 0 Å². The van der Waals surface area contributed by atoms with E-state index in [-0.39, 0.29) is 24.5 Å². The van der Waals surface area contributed by atoms with E-state index >= 15 is 0 Å². The van der Waals surface area contributed by atoms with Gasteiger partial charge in [0, 0.05) is 43.3 Å². The zero-order valence-corrected chi connectivity index (χ0v) is 18.6. The molecular formula is C23H29N3O4S. The Labute approximate surface area is 183 Å². The van der Waals surface area contributed by atoms with Gasteiger partial charge in [-0.15, -0.1) is 0 Å². The Kier molecular flexibility index (Phi) is 5.93. The predicted octanol–water partition coefficient (Wildman–Crippen LogP) is 1.42. The molecule has 7 nitrogen and oxygen atoms in total. The number of benzene rings is 2. The van der Waals surface area contributed by atoms with Crippen molar-refractivity contribution in [3.8, 4) is 0 Å². The van der Waals surface area contributed by atoms with Crippen molar-refractivity contribution in [1.29, 1.82) is 0 Å². The second-order valence-electron chi connectivity index (χ2n) is 8.30. The second kappa shape index (κ2) is 8.37. The van der Waals surface area contributed by atoms with Crippen molar-refractivity contribution < 1.29 is 18.6 Å². The maximum absolute atomic E-state index is 12.8. The number of rotatable bonds is 7. The van der Waals surface area contributed by atoms with Crippen molar-refractivity contribution in [2.75, 3.05) is 26.2 Å². The van der Waals surface area contributed by atoms with E-state index < -0.39 is 21.7 Å². The molecular weight excluding hydrogens is 414 g/mol. The molecule has 1 aliphatic heterocycles. The van der Waals surface area contributed by atoms with E-state index in [1.54, 1.807) is 18.2 Å². The molecule has 3 aromatic rings. The van der Waals surface area contributed by atoms with Gasteiger partial charge in [-0.3, -0.25) is 0 Å². The number of sulfonamides is 1. The topological polar surface area (TPSA) is 94.8 Å². The lowest BCUT2D eigenvalue weighted by Crippen LogP contribution is -2.50. The van der Waals surface area contributed by atoms with Crippen molar-refractivity contribution in [3.63, 3.8) is 0 Å². The van der Waals surface area contributed by atoms with Crippen molar-refractivity contribution in [2.45, 2.75) is 29.9 Å². The summed E-state index contributed by atoms with van der Waals surface area (Å²) in [4.78, 5) is 0.158. The van der Waals surface area contributed by atoms with Gasteiger partial charge in [-0.2, -0.15) is 4.31 Å². The van der Waals surface area contributed by atoms with E-state index in [1.807, 2.05) is 19.2 Å². The Hall–Kier alpha value is -2.23. The van der Waals surface area contributed by atoms with Crippen LogP contribution >= 0.6 is 0 Å². The number of nitrogens with zero attached hydrogens (tertiary/aromatic N) is 2. The van der Waals surface area contributed by atoms with Crippen LogP contribution in [-0.4, -0.2) is 65.4 Å². The zero-order chi connectivity index (χ0) is 22.2. The fourth-order valence-electron chi connectivity index (χ4n) is 4.37. The number of aliphatic hydroxyl groups excluding tert-OH is 1. The van der Waals surface area contributed by atoms with Gasteiger partial charge >= 0.3 is 0 Å². The van der Waals surface area contributed by atoms with Gasteiger partial charge in [0.1, 0.15) is 5.60 Å². The lowest BCUT2D eigenvalue weighted by molar-refractivity contribution is -0.0380. The van der Waals surface area contributed by atoms with E-state index in [0.717, 1.165) is 10.7 Å². The third kappa shape index (κ3) is 4.02. The van der Waals surface area contributed by atoms with Gasteiger partial charge in [0.15, 0.2) is 0 Å². The summed E-state index contributed by atoms with van der Waals surface area (Å²) in [5, 5.41) is 25.8. The van der Waals surface area contributed by atoms with Crippen LogP contribution in [0.2, 0.25) is 0 Å². The molecule has 2 atom stereocenters. The van der Waals surface area contributed by atoms with Crippen LogP contribution in [0, 0.1) is 6.92 Å². The fraction of sp³-hybridized carbons (Fsp3) is 0.391. The number of fused-ring (bicyclic) bond motifs is 1. The Morgan fingerprint density at radius 2 is 1.81 bits per heavy atom. The van der Waals surface area contributed by atoms with Crippen LogP contribution in [0.1, 0.15) is 11.3 Å². The lowest BCUT2D eigenvalue weighted by atomic mass is 10.0. The van der Waals surface area contributed by atoms with Crippen molar-refractivity contribution >= 4 is 20.9 Å². The first-order valence-electron chi connectivity index (χ1n) is 10.4. The third-order valence-corrected chi connectivity index (χ3v) is 8.17. The molecule has 0 spiro atoms. The maximum Gasteiger partial charge on any atom is 0.243 e. The summed E-state index contributed by atoms with van der Waals surface area (Å²) in [6, 6.07) is 16.3. The highest BCUT2D eigenvalue weighted by Gasteiger charge is 2.48. The van der Waals surface area contributed by atoms with Gasteiger partial charge in [0.2, 0.25) is 10.0 Å².